The second-order valence-corrected chi connectivity index (χ2v) is 6.50. The normalized spacial score (nSPS) is 13.7. The van der Waals surface area contributed by atoms with Crippen molar-refractivity contribution < 1.29 is 0 Å². The third-order valence-corrected chi connectivity index (χ3v) is 5.37. The van der Waals surface area contributed by atoms with Crippen molar-refractivity contribution in [1.29, 1.82) is 0 Å². The highest BCUT2D eigenvalue weighted by Gasteiger charge is 2.20. The van der Waals surface area contributed by atoms with Gasteiger partial charge in [0.05, 0.1) is 5.69 Å². The molecule has 4 nitrogen and oxygen atoms in total. The molecule has 3 aromatic rings. The maximum Gasteiger partial charge on any atom is 0.163 e. The van der Waals surface area contributed by atoms with Crippen LogP contribution in [0.1, 0.15) is 11.3 Å². The molecular formula is C14H12N4S2. The highest BCUT2D eigenvalue weighted by atomic mass is 32.2. The number of benzene rings is 1. The second kappa shape index (κ2) is 4.73. The number of hydrazine groups is 1. The van der Waals surface area contributed by atoms with Crippen molar-refractivity contribution in [3.05, 3.63) is 40.9 Å². The maximum atomic E-state index is 5.61. The summed E-state index contributed by atoms with van der Waals surface area (Å²) < 4.78 is 1.25. The Morgan fingerprint density at radius 2 is 2.05 bits per heavy atom. The van der Waals surface area contributed by atoms with Crippen LogP contribution in [0.15, 0.2) is 29.6 Å². The van der Waals surface area contributed by atoms with E-state index in [1.54, 1.807) is 11.3 Å². The average Bonchev–Trinajstić information content (AvgIpc) is 3.12. The monoisotopic (exact) mass is 300 g/mol. The lowest BCUT2D eigenvalue weighted by Crippen LogP contribution is -2.12. The number of hydrogen-bond acceptors (Lipinski definition) is 6. The van der Waals surface area contributed by atoms with Crippen LogP contribution in [0, 0.1) is 0 Å². The molecule has 0 saturated carbocycles. The van der Waals surface area contributed by atoms with Gasteiger partial charge in [0.25, 0.3) is 0 Å². The summed E-state index contributed by atoms with van der Waals surface area (Å²) in [6.07, 6.45) is 0. The fourth-order valence-electron chi connectivity index (χ4n) is 2.44. The summed E-state index contributed by atoms with van der Waals surface area (Å²) >= 11 is 3.57. The first-order valence-corrected chi connectivity index (χ1v) is 8.31. The number of aromatic nitrogens is 2. The molecule has 0 bridgehead atoms. The lowest BCUT2D eigenvalue weighted by molar-refractivity contribution is 1.06. The van der Waals surface area contributed by atoms with Gasteiger partial charge in [-0.3, -0.25) is 0 Å². The van der Waals surface area contributed by atoms with Gasteiger partial charge in [-0.2, -0.15) is 11.8 Å². The quantitative estimate of drug-likeness (QED) is 0.561. The van der Waals surface area contributed by atoms with E-state index in [1.165, 1.54) is 10.1 Å². The van der Waals surface area contributed by atoms with Gasteiger partial charge in [-0.05, 0) is 6.07 Å². The molecule has 0 unspecified atom stereocenters. The molecule has 100 valence electrons. The minimum absolute atomic E-state index is 0.755. The molecule has 1 aliphatic rings. The van der Waals surface area contributed by atoms with Crippen molar-refractivity contribution in [2.45, 2.75) is 11.5 Å². The van der Waals surface area contributed by atoms with Gasteiger partial charge < -0.3 is 5.43 Å². The molecule has 1 aromatic carbocycles. The molecule has 0 amide bonds. The van der Waals surface area contributed by atoms with E-state index in [0.717, 1.165) is 40.0 Å². The van der Waals surface area contributed by atoms with Crippen LogP contribution >= 0.6 is 23.1 Å². The molecule has 0 aliphatic carbocycles. The molecule has 3 N–H and O–H groups in total. The molecule has 0 atom stereocenters. The Labute approximate surface area is 124 Å². The molecule has 0 saturated heterocycles. The van der Waals surface area contributed by atoms with Gasteiger partial charge in [-0.25, -0.2) is 15.8 Å². The van der Waals surface area contributed by atoms with E-state index in [9.17, 15) is 0 Å². The molecule has 3 heterocycles. The van der Waals surface area contributed by atoms with Crippen LogP contribution in [0.2, 0.25) is 0 Å². The predicted octanol–water partition coefficient (Wildman–Crippen LogP) is 3.39. The smallest absolute Gasteiger partial charge is 0.163 e. The van der Waals surface area contributed by atoms with Gasteiger partial charge in [0.15, 0.2) is 5.82 Å². The molecule has 0 fully saturated rings. The van der Waals surface area contributed by atoms with Gasteiger partial charge in [0.1, 0.15) is 5.82 Å². The number of nitrogens with zero attached hydrogens (tertiary/aromatic N) is 2. The minimum atomic E-state index is 0.755. The lowest BCUT2D eigenvalue weighted by Gasteiger charge is -2.08. The summed E-state index contributed by atoms with van der Waals surface area (Å²) in [4.78, 5) is 9.34. The number of anilines is 1. The van der Waals surface area contributed by atoms with Crippen LogP contribution in [0.4, 0.5) is 5.82 Å². The molecule has 6 heteroatoms. The standard InChI is InChI=1S/C14H12N4S2/c15-18-14-10-5-19-7-11(10)16-13(17-14)9-6-20-12-4-2-1-3-8(9)12/h1-4,6H,5,7,15H2,(H,16,17,18). The first kappa shape index (κ1) is 12.1. The average molecular weight is 300 g/mol. The van der Waals surface area contributed by atoms with E-state index in [1.807, 2.05) is 17.8 Å². The topological polar surface area (TPSA) is 63.8 Å². The van der Waals surface area contributed by atoms with E-state index in [0.29, 0.717) is 0 Å². The number of thiophene rings is 1. The Hall–Kier alpha value is -1.63. The van der Waals surface area contributed by atoms with E-state index in [4.69, 9.17) is 10.8 Å². The van der Waals surface area contributed by atoms with E-state index in [-0.39, 0.29) is 0 Å². The highest BCUT2D eigenvalue weighted by Crippen LogP contribution is 2.37. The van der Waals surface area contributed by atoms with Crippen LogP contribution in [0.5, 0.6) is 0 Å². The minimum Gasteiger partial charge on any atom is -0.308 e. The summed E-state index contributed by atoms with van der Waals surface area (Å²) in [5, 5.41) is 3.32. The molecule has 2 aromatic heterocycles. The Morgan fingerprint density at radius 3 is 2.95 bits per heavy atom. The Balaban J connectivity index is 1.94. The summed E-state index contributed by atoms with van der Waals surface area (Å²) in [5.74, 6) is 8.99. The SMILES string of the molecule is NNc1nc(-c2csc3ccccc23)nc2c1CSC2. The maximum absolute atomic E-state index is 5.61. The summed E-state index contributed by atoms with van der Waals surface area (Å²) in [6.45, 7) is 0. The third kappa shape index (κ3) is 1.80. The number of hydrogen-bond donors (Lipinski definition) is 2. The Morgan fingerprint density at radius 1 is 1.15 bits per heavy atom. The Bertz CT molecular complexity index is 797. The first-order chi connectivity index (χ1) is 9.86. The van der Waals surface area contributed by atoms with Crippen LogP contribution in [-0.4, -0.2) is 9.97 Å². The number of thioether (sulfide) groups is 1. The van der Waals surface area contributed by atoms with Crippen LogP contribution < -0.4 is 11.3 Å². The Kier molecular flexibility index (Phi) is 2.87. The molecule has 1 aliphatic heterocycles. The second-order valence-electron chi connectivity index (χ2n) is 4.60. The van der Waals surface area contributed by atoms with Crippen molar-refractivity contribution in [3.63, 3.8) is 0 Å². The molecule has 20 heavy (non-hydrogen) atoms. The van der Waals surface area contributed by atoms with Crippen LogP contribution in [0.3, 0.4) is 0 Å². The fraction of sp³-hybridized carbons (Fsp3) is 0.143. The van der Waals surface area contributed by atoms with Crippen LogP contribution in [0.25, 0.3) is 21.5 Å². The largest absolute Gasteiger partial charge is 0.308 e. The van der Waals surface area contributed by atoms with Gasteiger partial charge in [-0.15, -0.1) is 11.3 Å². The van der Waals surface area contributed by atoms with Gasteiger partial charge in [0.2, 0.25) is 0 Å². The number of nitrogens with two attached hydrogens (primary N) is 1. The van der Waals surface area contributed by atoms with E-state index < -0.39 is 0 Å². The van der Waals surface area contributed by atoms with E-state index >= 15 is 0 Å². The van der Waals surface area contributed by atoms with Gasteiger partial charge in [-0.1, -0.05) is 18.2 Å². The lowest BCUT2D eigenvalue weighted by atomic mass is 10.1. The van der Waals surface area contributed by atoms with Crippen molar-refractivity contribution in [1.82, 2.24) is 9.97 Å². The zero-order chi connectivity index (χ0) is 13.5. The summed E-state index contributed by atoms with van der Waals surface area (Å²) in [7, 11) is 0. The van der Waals surface area contributed by atoms with E-state index in [2.05, 4.69) is 34.0 Å². The zero-order valence-electron chi connectivity index (χ0n) is 10.6. The number of rotatable bonds is 2. The number of nitrogens with one attached hydrogen (secondary N) is 1. The van der Waals surface area contributed by atoms with Crippen molar-refractivity contribution in [3.8, 4) is 11.4 Å². The first-order valence-electron chi connectivity index (χ1n) is 6.27. The summed E-state index contributed by atoms with van der Waals surface area (Å²) in [5.41, 5.74) is 6.04. The zero-order valence-corrected chi connectivity index (χ0v) is 12.2. The fourth-order valence-corrected chi connectivity index (χ4v) is 4.42. The van der Waals surface area contributed by atoms with Crippen molar-refractivity contribution in [2.75, 3.05) is 5.43 Å². The van der Waals surface area contributed by atoms with Crippen molar-refractivity contribution >= 4 is 39.0 Å². The van der Waals surface area contributed by atoms with Crippen LogP contribution in [-0.2, 0) is 11.5 Å². The molecular weight excluding hydrogens is 288 g/mol. The number of nitrogen functional groups attached to an aromatic ring is 1. The van der Waals surface area contributed by atoms with Crippen molar-refractivity contribution in [2.24, 2.45) is 5.84 Å². The molecule has 0 radical (unpaired) electrons. The summed E-state index contributed by atoms with van der Waals surface area (Å²) in [6, 6.07) is 8.33. The number of fused-ring (bicyclic) bond motifs is 2. The highest BCUT2D eigenvalue weighted by molar-refractivity contribution is 7.98. The van der Waals surface area contributed by atoms with Gasteiger partial charge >= 0.3 is 0 Å². The third-order valence-electron chi connectivity index (χ3n) is 3.44. The van der Waals surface area contributed by atoms with Gasteiger partial charge in [0, 0.05) is 38.1 Å². The molecule has 4 rings (SSSR count). The predicted molar refractivity (Wildman–Crippen MR) is 85.7 cm³/mol. The molecule has 0 spiro atoms.